The third-order valence-corrected chi connectivity index (χ3v) is 4.53. The van der Waals surface area contributed by atoms with Crippen molar-refractivity contribution in [2.75, 3.05) is 5.73 Å². The first-order chi connectivity index (χ1) is 12.5. The smallest absolute Gasteiger partial charge is 0.258 e. The van der Waals surface area contributed by atoms with Crippen molar-refractivity contribution < 1.29 is 9.26 Å². The number of nitrogen functional groups attached to an aromatic ring is 1. The lowest BCUT2D eigenvalue weighted by atomic mass is 10.0. The highest BCUT2D eigenvalue weighted by Crippen LogP contribution is 2.36. The van der Waals surface area contributed by atoms with Gasteiger partial charge in [0.1, 0.15) is 5.75 Å². The van der Waals surface area contributed by atoms with Gasteiger partial charge in [0.15, 0.2) is 0 Å². The predicted octanol–water partition coefficient (Wildman–Crippen LogP) is 3.72. The molecule has 1 atom stereocenters. The maximum atomic E-state index is 6.17. The van der Waals surface area contributed by atoms with E-state index in [4.69, 9.17) is 20.7 Å². The van der Waals surface area contributed by atoms with Crippen LogP contribution in [0.15, 0.2) is 40.9 Å². The molecule has 0 unspecified atom stereocenters. The fourth-order valence-corrected chi connectivity index (χ4v) is 3.43. The van der Waals surface area contributed by atoms with Gasteiger partial charge in [0, 0.05) is 28.9 Å². The molecule has 1 heterocycles. The molecule has 3 aromatic rings. The van der Waals surface area contributed by atoms with Crippen molar-refractivity contribution in [1.29, 1.82) is 0 Å². The van der Waals surface area contributed by atoms with Gasteiger partial charge >= 0.3 is 0 Å². The Labute approximate surface area is 152 Å². The Morgan fingerprint density at radius 1 is 1.23 bits per heavy atom. The van der Waals surface area contributed by atoms with Crippen molar-refractivity contribution in [3.05, 3.63) is 47.5 Å². The van der Waals surface area contributed by atoms with E-state index in [0.29, 0.717) is 23.2 Å². The minimum Gasteiger partial charge on any atom is -0.491 e. The lowest BCUT2D eigenvalue weighted by Crippen LogP contribution is -2.06. The molecule has 1 aliphatic rings. The molecule has 4 N–H and O–H groups in total. The molecule has 6 heteroatoms. The summed E-state index contributed by atoms with van der Waals surface area (Å²) in [6.07, 6.45) is 1.93. The molecule has 1 aromatic heterocycles. The maximum absolute atomic E-state index is 6.17. The summed E-state index contributed by atoms with van der Waals surface area (Å²) in [5.74, 6) is 1.67. The monoisotopic (exact) mass is 350 g/mol. The van der Waals surface area contributed by atoms with Crippen LogP contribution in [0.1, 0.15) is 37.4 Å². The number of anilines is 1. The van der Waals surface area contributed by atoms with Gasteiger partial charge in [-0.05, 0) is 49.9 Å². The number of benzene rings is 2. The molecule has 0 saturated carbocycles. The summed E-state index contributed by atoms with van der Waals surface area (Å²) in [6.45, 7) is 3.93. The summed E-state index contributed by atoms with van der Waals surface area (Å²) in [5.41, 5.74) is 16.9. The second-order valence-electron chi connectivity index (χ2n) is 6.90. The molecule has 6 nitrogen and oxygen atoms in total. The van der Waals surface area contributed by atoms with Crippen LogP contribution in [-0.4, -0.2) is 16.2 Å². The second kappa shape index (κ2) is 6.46. The van der Waals surface area contributed by atoms with E-state index in [-0.39, 0.29) is 12.1 Å². The summed E-state index contributed by atoms with van der Waals surface area (Å²) >= 11 is 0. The molecule has 0 spiro atoms. The summed E-state index contributed by atoms with van der Waals surface area (Å²) in [7, 11) is 0. The van der Waals surface area contributed by atoms with Gasteiger partial charge < -0.3 is 20.7 Å². The van der Waals surface area contributed by atoms with Crippen LogP contribution in [0.2, 0.25) is 0 Å². The van der Waals surface area contributed by atoms with Crippen molar-refractivity contribution in [1.82, 2.24) is 10.1 Å². The fourth-order valence-electron chi connectivity index (χ4n) is 3.43. The lowest BCUT2D eigenvalue weighted by molar-refractivity contribution is 0.242. The Bertz CT molecular complexity index is 949. The lowest BCUT2D eigenvalue weighted by Gasteiger charge is -2.11. The minimum absolute atomic E-state index is 0.0546. The second-order valence-corrected chi connectivity index (χ2v) is 6.90. The van der Waals surface area contributed by atoms with Crippen LogP contribution in [0.3, 0.4) is 0 Å². The number of aromatic nitrogens is 2. The van der Waals surface area contributed by atoms with Crippen LogP contribution >= 0.6 is 0 Å². The van der Waals surface area contributed by atoms with Crippen LogP contribution < -0.4 is 16.2 Å². The number of rotatable bonds is 4. The fraction of sp³-hybridized carbons (Fsp3) is 0.300. The number of hydrogen-bond donors (Lipinski definition) is 2. The summed E-state index contributed by atoms with van der Waals surface area (Å²) < 4.78 is 11.2. The van der Waals surface area contributed by atoms with Crippen LogP contribution in [0.5, 0.6) is 5.75 Å². The molecule has 0 bridgehead atoms. The molecule has 134 valence electrons. The molecule has 0 saturated heterocycles. The quantitative estimate of drug-likeness (QED) is 0.696. The Kier molecular flexibility index (Phi) is 4.12. The number of hydrogen-bond acceptors (Lipinski definition) is 6. The summed E-state index contributed by atoms with van der Waals surface area (Å²) in [5, 5.41) is 4.18. The van der Waals surface area contributed by atoms with Crippen LogP contribution in [0.25, 0.3) is 22.8 Å². The minimum atomic E-state index is 0.0546. The van der Waals surface area contributed by atoms with Crippen molar-refractivity contribution in [2.45, 2.75) is 38.8 Å². The Hall–Kier alpha value is -2.86. The maximum Gasteiger partial charge on any atom is 0.258 e. The van der Waals surface area contributed by atoms with Gasteiger partial charge in [-0.1, -0.05) is 23.4 Å². The third kappa shape index (κ3) is 3.04. The highest BCUT2D eigenvalue weighted by Gasteiger charge is 2.24. The SMILES string of the molecule is CC(C)Oc1cc(N)cc(-c2nc(-c3cccc4c3CC[C@H]4N)no2)c1. The van der Waals surface area contributed by atoms with Gasteiger partial charge in [-0.25, -0.2) is 0 Å². The van der Waals surface area contributed by atoms with Crippen molar-refractivity contribution in [3.63, 3.8) is 0 Å². The molecule has 0 fully saturated rings. The average molecular weight is 350 g/mol. The predicted molar refractivity (Wildman–Crippen MR) is 101 cm³/mol. The van der Waals surface area contributed by atoms with Gasteiger partial charge in [-0.2, -0.15) is 4.98 Å². The van der Waals surface area contributed by atoms with Gasteiger partial charge in [0.25, 0.3) is 5.89 Å². The standard InChI is InChI=1S/C20H22N4O2/c1-11(2)25-14-9-12(8-13(21)10-14)20-23-19(24-26-20)17-5-3-4-16-15(17)6-7-18(16)22/h3-5,8-11,18H,6-7,21-22H2,1-2H3/t18-/m1/s1. The van der Waals surface area contributed by atoms with Gasteiger partial charge in [0.05, 0.1) is 6.10 Å². The van der Waals surface area contributed by atoms with Crippen molar-refractivity contribution in [3.8, 4) is 28.6 Å². The molecule has 0 aliphatic heterocycles. The summed E-state index contributed by atoms with van der Waals surface area (Å²) in [6, 6.07) is 11.6. The van der Waals surface area contributed by atoms with Crippen LogP contribution in [0.4, 0.5) is 5.69 Å². The normalized spacial score (nSPS) is 16.1. The van der Waals surface area contributed by atoms with Crippen molar-refractivity contribution in [2.24, 2.45) is 5.73 Å². The first kappa shape index (κ1) is 16.6. The van der Waals surface area contributed by atoms with E-state index in [0.717, 1.165) is 24.0 Å². The van der Waals surface area contributed by atoms with Crippen LogP contribution in [-0.2, 0) is 6.42 Å². The Balaban J connectivity index is 1.71. The first-order valence-corrected chi connectivity index (χ1v) is 8.80. The number of nitrogens with zero attached hydrogens (tertiary/aromatic N) is 2. The molecule has 4 rings (SSSR count). The van der Waals surface area contributed by atoms with E-state index >= 15 is 0 Å². The molecular formula is C20H22N4O2. The molecule has 0 amide bonds. The summed E-state index contributed by atoms with van der Waals surface area (Å²) in [4.78, 5) is 4.58. The zero-order valence-corrected chi connectivity index (χ0v) is 14.9. The van der Waals surface area contributed by atoms with E-state index in [1.165, 1.54) is 11.1 Å². The van der Waals surface area contributed by atoms with Crippen molar-refractivity contribution >= 4 is 5.69 Å². The molecule has 2 aromatic carbocycles. The molecule has 1 aliphatic carbocycles. The largest absolute Gasteiger partial charge is 0.491 e. The van der Waals surface area contributed by atoms with E-state index in [2.05, 4.69) is 16.2 Å². The average Bonchev–Trinajstić information content (AvgIpc) is 3.21. The number of ether oxygens (including phenoxy) is 1. The van der Waals surface area contributed by atoms with Gasteiger partial charge in [-0.15, -0.1) is 0 Å². The van der Waals surface area contributed by atoms with E-state index in [1.54, 1.807) is 12.1 Å². The highest BCUT2D eigenvalue weighted by atomic mass is 16.5. The first-order valence-electron chi connectivity index (χ1n) is 8.80. The van der Waals surface area contributed by atoms with Gasteiger partial charge in [0.2, 0.25) is 5.82 Å². The highest BCUT2D eigenvalue weighted by molar-refractivity contribution is 5.68. The van der Waals surface area contributed by atoms with E-state index in [9.17, 15) is 0 Å². The van der Waals surface area contributed by atoms with Crippen LogP contribution in [0, 0.1) is 0 Å². The number of fused-ring (bicyclic) bond motifs is 1. The Morgan fingerprint density at radius 2 is 2.08 bits per heavy atom. The topological polar surface area (TPSA) is 100 Å². The van der Waals surface area contributed by atoms with Gasteiger partial charge in [-0.3, -0.25) is 0 Å². The zero-order chi connectivity index (χ0) is 18.3. The molecule has 26 heavy (non-hydrogen) atoms. The molecular weight excluding hydrogens is 328 g/mol. The molecule has 0 radical (unpaired) electrons. The zero-order valence-electron chi connectivity index (χ0n) is 14.9. The van der Waals surface area contributed by atoms with E-state index < -0.39 is 0 Å². The number of nitrogens with two attached hydrogens (primary N) is 2. The van der Waals surface area contributed by atoms with E-state index in [1.807, 2.05) is 32.0 Å². The third-order valence-electron chi connectivity index (χ3n) is 4.53. The Morgan fingerprint density at radius 3 is 2.88 bits per heavy atom.